The van der Waals surface area contributed by atoms with Crippen LogP contribution in [0.5, 0.6) is 0 Å². The molecular weight excluding hydrogens is 463 g/mol. The molecule has 0 saturated heterocycles. The molecule has 0 spiro atoms. The molecule has 150 valence electrons. The van der Waals surface area contributed by atoms with E-state index < -0.39 is 10.0 Å². The predicted octanol–water partition coefficient (Wildman–Crippen LogP) is 2.94. The minimum Gasteiger partial charge on any atom is -0.352 e. The lowest BCUT2D eigenvalue weighted by Gasteiger charge is -2.22. The number of nitrogens with one attached hydrogen (secondary N) is 2. The van der Waals surface area contributed by atoms with Gasteiger partial charge in [0, 0.05) is 33.2 Å². The summed E-state index contributed by atoms with van der Waals surface area (Å²) in [5.74, 6) is 0.791. The molecule has 0 aliphatic rings. The minimum atomic E-state index is -3.35. The Hall–Kier alpha value is -0.870. The summed E-state index contributed by atoms with van der Waals surface area (Å²) in [6.45, 7) is 7.27. The van der Waals surface area contributed by atoms with Crippen LogP contribution in [-0.2, 0) is 22.3 Å². The molecule has 2 N–H and O–H groups in total. The normalized spacial score (nSPS) is 12.0. The first kappa shape index (κ1) is 25.1. The van der Waals surface area contributed by atoms with Crippen LogP contribution in [0, 0.1) is 0 Å². The first-order valence-corrected chi connectivity index (χ1v) is 10.4. The Labute approximate surface area is 175 Å². The average molecular weight is 496 g/mol. The van der Waals surface area contributed by atoms with Gasteiger partial charge in [0.05, 0.1) is 5.75 Å². The first-order chi connectivity index (χ1) is 11.8. The Morgan fingerprint density at radius 1 is 1.23 bits per heavy atom. The molecular formula is C18H33IN4O2S. The second-order valence-corrected chi connectivity index (χ2v) is 8.23. The third kappa shape index (κ3) is 9.18. The third-order valence-corrected chi connectivity index (χ3v) is 5.26. The number of halogens is 1. The average Bonchev–Trinajstić information content (AvgIpc) is 2.53. The topological polar surface area (TPSA) is 73.8 Å². The van der Waals surface area contributed by atoms with Crippen molar-refractivity contribution in [2.45, 2.75) is 52.0 Å². The number of hydrogen-bond acceptors (Lipinski definition) is 3. The Kier molecular flexibility index (Phi) is 12.1. The van der Waals surface area contributed by atoms with Crippen LogP contribution < -0.4 is 10.0 Å². The molecule has 0 atom stereocenters. The van der Waals surface area contributed by atoms with Gasteiger partial charge in [-0.3, -0.25) is 4.99 Å². The number of nitrogens with zero attached hydrogens (tertiary/aromatic N) is 2. The molecule has 1 rings (SSSR count). The van der Waals surface area contributed by atoms with E-state index in [1.165, 1.54) is 0 Å². The summed E-state index contributed by atoms with van der Waals surface area (Å²) in [6, 6.07) is 7.49. The monoisotopic (exact) mass is 496 g/mol. The van der Waals surface area contributed by atoms with Crippen molar-refractivity contribution in [1.29, 1.82) is 0 Å². The molecule has 1 aromatic rings. The van der Waals surface area contributed by atoms with Crippen molar-refractivity contribution in [3.05, 3.63) is 35.4 Å². The van der Waals surface area contributed by atoms with Gasteiger partial charge in [0.1, 0.15) is 0 Å². The molecule has 0 unspecified atom stereocenters. The summed E-state index contributed by atoms with van der Waals surface area (Å²) >= 11 is 0. The number of aliphatic imine (C=N–C) groups is 1. The first-order valence-electron chi connectivity index (χ1n) is 8.77. The van der Waals surface area contributed by atoms with E-state index in [1.807, 2.05) is 45.2 Å². The van der Waals surface area contributed by atoms with E-state index in [2.05, 4.69) is 26.9 Å². The van der Waals surface area contributed by atoms with E-state index in [4.69, 9.17) is 0 Å². The smallest absolute Gasteiger partial charge is 0.216 e. The molecule has 0 heterocycles. The molecule has 0 saturated carbocycles. The summed E-state index contributed by atoms with van der Waals surface area (Å²) in [6.07, 6.45) is 2.23. The van der Waals surface area contributed by atoms with Crippen LogP contribution in [0.4, 0.5) is 0 Å². The molecule has 0 aliphatic carbocycles. The van der Waals surface area contributed by atoms with Crippen LogP contribution in [0.1, 0.15) is 44.7 Å². The maximum atomic E-state index is 12.2. The number of benzene rings is 1. The number of sulfonamides is 1. The SMILES string of the molecule is CCCCN(C)C(=NC)NCc1ccccc1CS(=O)(=O)NC(C)C.I. The fourth-order valence-corrected chi connectivity index (χ4v) is 4.03. The summed E-state index contributed by atoms with van der Waals surface area (Å²) in [7, 11) is 0.418. The largest absolute Gasteiger partial charge is 0.352 e. The number of hydrogen-bond donors (Lipinski definition) is 2. The fraction of sp³-hybridized carbons (Fsp3) is 0.611. The van der Waals surface area contributed by atoms with Crippen molar-refractivity contribution in [3.8, 4) is 0 Å². The third-order valence-electron chi connectivity index (χ3n) is 3.74. The lowest BCUT2D eigenvalue weighted by molar-refractivity contribution is 0.464. The van der Waals surface area contributed by atoms with Crippen molar-refractivity contribution in [3.63, 3.8) is 0 Å². The van der Waals surface area contributed by atoms with Crippen molar-refractivity contribution in [1.82, 2.24) is 14.9 Å². The van der Waals surface area contributed by atoms with Gasteiger partial charge in [-0.1, -0.05) is 37.6 Å². The zero-order valence-corrected chi connectivity index (χ0v) is 19.6. The summed E-state index contributed by atoms with van der Waals surface area (Å²) < 4.78 is 27.1. The highest BCUT2D eigenvalue weighted by atomic mass is 127. The van der Waals surface area contributed by atoms with Gasteiger partial charge < -0.3 is 10.2 Å². The standard InChI is InChI=1S/C18H32N4O2S.HI/c1-6-7-12-22(5)18(19-4)20-13-16-10-8-9-11-17(16)14-25(23,24)21-15(2)3;/h8-11,15,21H,6-7,12-14H2,1-5H3,(H,19,20);1H. The maximum absolute atomic E-state index is 12.2. The number of unbranched alkanes of at least 4 members (excludes halogenated alkanes) is 1. The molecule has 0 bridgehead atoms. The van der Waals surface area contributed by atoms with Gasteiger partial charge in [-0.2, -0.15) is 0 Å². The van der Waals surface area contributed by atoms with Gasteiger partial charge in [0.15, 0.2) is 5.96 Å². The summed E-state index contributed by atoms with van der Waals surface area (Å²) in [5.41, 5.74) is 1.76. The Balaban J connectivity index is 0.00000625. The van der Waals surface area contributed by atoms with Crippen molar-refractivity contribution in [2.75, 3.05) is 20.6 Å². The van der Waals surface area contributed by atoms with Crippen LogP contribution in [0.15, 0.2) is 29.3 Å². The van der Waals surface area contributed by atoms with Gasteiger partial charge in [-0.05, 0) is 31.4 Å². The zero-order valence-electron chi connectivity index (χ0n) is 16.4. The zero-order chi connectivity index (χ0) is 18.9. The quantitative estimate of drug-likeness (QED) is 0.313. The molecule has 1 aromatic carbocycles. The van der Waals surface area contributed by atoms with E-state index in [9.17, 15) is 8.42 Å². The lowest BCUT2D eigenvalue weighted by Crippen LogP contribution is -2.39. The van der Waals surface area contributed by atoms with Gasteiger partial charge in [0.2, 0.25) is 10.0 Å². The molecule has 8 heteroatoms. The van der Waals surface area contributed by atoms with Crippen molar-refractivity contribution < 1.29 is 8.42 Å². The minimum absolute atomic E-state index is 0. The molecule has 26 heavy (non-hydrogen) atoms. The predicted molar refractivity (Wildman–Crippen MR) is 120 cm³/mol. The van der Waals surface area contributed by atoms with E-state index in [-0.39, 0.29) is 35.8 Å². The molecule has 0 fully saturated rings. The van der Waals surface area contributed by atoms with Gasteiger partial charge in [0.25, 0.3) is 0 Å². The Morgan fingerprint density at radius 3 is 2.38 bits per heavy atom. The van der Waals surface area contributed by atoms with Gasteiger partial charge >= 0.3 is 0 Å². The van der Waals surface area contributed by atoms with E-state index >= 15 is 0 Å². The number of rotatable bonds is 9. The van der Waals surface area contributed by atoms with Crippen LogP contribution >= 0.6 is 24.0 Å². The molecule has 0 amide bonds. The van der Waals surface area contributed by atoms with Crippen molar-refractivity contribution >= 4 is 40.0 Å². The summed E-state index contributed by atoms with van der Waals surface area (Å²) in [4.78, 5) is 6.39. The molecule has 0 radical (unpaired) electrons. The second-order valence-electron chi connectivity index (χ2n) is 6.48. The van der Waals surface area contributed by atoms with Crippen molar-refractivity contribution in [2.24, 2.45) is 4.99 Å². The highest BCUT2D eigenvalue weighted by molar-refractivity contribution is 14.0. The number of guanidine groups is 1. The van der Waals surface area contributed by atoms with E-state index in [0.29, 0.717) is 6.54 Å². The van der Waals surface area contributed by atoms with Crippen LogP contribution in [-0.4, -0.2) is 46.0 Å². The Bertz CT molecular complexity index is 663. The van der Waals surface area contributed by atoms with Crippen LogP contribution in [0.3, 0.4) is 0 Å². The van der Waals surface area contributed by atoms with Gasteiger partial charge in [-0.15, -0.1) is 24.0 Å². The lowest BCUT2D eigenvalue weighted by atomic mass is 10.1. The van der Waals surface area contributed by atoms with Gasteiger partial charge in [-0.25, -0.2) is 13.1 Å². The van der Waals surface area contributed by atoms with E-state index in [0.717, 1.165) is 36.5 Å². The maximum Gasteiger partial charge on any atom is 0.216 e. The molecule has 0 aliphatic heterocycles. The molecule has 0 aromatic heterocycles. The second kappa shape index (κ2) is 12.5. The highest BCUT2D eigenvalue weighted by Crippen LogP contribution is 2.12. The fourth-order valence-electron chi connectivity index (χ4n) is 2.54. The van der Waals surface area contributed by atoms with Crippen LogP contribution in [0.2, 0.25) is 0 Å². The van der Waals surface area contributed by atoms with E-state index in [1.54, 1.807) is 7.05 Å². The highest BCUT2D eigenvalue weighted by Gasteiger charge is 2.15. The Morgan fingerprint density at radius 2 is 1.85 bits per heavy atom. The summed E-state index contributed by atoms with van der Waals surface area (Å²) in [5, 5.41) is 3.32. The molecule has 6 nitrogen and oxygen atoms in total. The van der Waals surface area contributed by atoms with Crippen LogP contribution in [0.25, 0.3) is 0 Å².